The van der Waals surface area contributed by atoms with E-state index in [0.29, 0.717) is 17.5 Å². The van der Waals surface area contributed by atoms with Crippen molar-refractivity contribution < 1.29 is 27.9 Å². The van der Waals surface area contributed by atoms with Crippen LogP contribution in [0.1, 0.15) is 54.2 Å². The summed E-state index contributed by atoms with van der Waals surface area (Å²) in [4.78, 5) is 40.7. The highest BCUT2D eigenvalue weighted by molar-refractivity contribution is 6.30. The van der Waals surface area contributed by atoms with E-state index in [1.807, 2.05) is 0 Å². The summed E-state index contributed by atoms with van der Waals surface area (Å²) in [7, 11) is 0. The highest BCUT2D eigenvalue weighted by Gasteiger charge is 2.56. The van der Waals surface area contributed by atoms with Crippen LogP contribution in [0.15, 0.2) is 36.4 Å². The zero-order valence-electron chi connectivity index (χ0n) is 20.5. The molecule has 196 valence electrons. The summed E-state index contributed by atoms with van der Waals surface area (Å²) in [6.45, 7) is 3.95. The Morgan fingerprint density at radius 3 is 2.51 bits per heavy atom. The van der Waals surface area contributed by atoms with E-state index < -0.39 is 40.9 Å². The molecule has 1 saturated carbocycles. The van der Waals surface area contributed by atoms with Crippen molar-refractivity contribution in [3.8, 4) is 0 Å². The third-order valence-electron chi connectivity index (χ3n) is 7.90. The van der Waals surface area contributed by atoms with E-state index in [-0.39, 0.29) is 47.6 Å². The number of likely N-dealkylation sites (tertiary alicyclic amines) is 1. The molecule has 2 aliphatic heterocycles. The van der Waals surface area contributed by atoms with Gasteiger partial charge < -0.3 is 20.7 Å². The number of amides is 3. The number of nitrogens with zero attached hydrogens (tertiary/aromatic N) is 1. The summed E-state index contributed by atoms with van der Waals surface area (Å²) in [5.74, 6) is -2.81. The smallest absolute Gasteiger partial charge is 0.254 e. The van der Waals surface area contributed by atoms with Gasteiger partial charge in [-0.3, -0.25) is 14.4 Å². The molecule has 0 radical (unpaired) electrons. The molecule has 2 aromatic rings. The summed E-state index contributed by atoms with van der Waals surface area (Å²) in [6, 6.07) is 6.95. The van der Waals surface area contributed by atoms with Crippen LogP contribution >= 0.6 is 11.6 Å². The Morgan fingerprint density at radius 2 is 1.86 bits per heavy atom. The van der Waals surface area contributed by atoms with Gasteiger partial charge in [-0.2, -0.15) is 0 Å². The fourth-order valence-corrected chi connectivity index (χ4v) is 5.39. The van der Waals surface area contributed by atoms with Crippen LogP contribution in [0.25, 0.3) is 0 Å². The lowest BCUT2D eigenvalue weighted by atomic mass is 9.83. The molecule has 3 N–H and O–H groups in total. The Labute approximate surface area is 218 Å². The molecule has 7 nitrogen and oxygen atoms in total. The lowest BCUT2D eigenvalue weighted by Gasteiger charge is -2.36. The Balaban J connectivity index is 1.40. The molecule has 4 atom stereocenters. The van der Waals surface area contributed by atoms with Crippen LogP contribution in [0.4, 0.5) is 8.78 Å². The first-order valence-electron chi connectivity index (χ1n) is 12.2. The number of fused-ring (bicyclic) bond motifs is 1. The topological polar surface area (TPSA) is 102 Å². The van der Waals surface area contributed by atoms with E-state index in [0.717, 1.165) is 18.6 Å². The number of nitrogens with two attached hydrogens (primary N) is 1. The summed E-state index contributed by atoms with van der Waals surface area (Å²) >= 11 is 5.72. The molecular weight excluding hydrogens is 504 g/mol. The average Bonchev–Trinajstić information content (AvgIpc) is 3.48. The molecule has 3 fully saturated rings. The molecule has 37 heavy (non-hydrogen) atoms. The molecule has 1 aliphatic carbocycles. The largest absolute Gasteiger partial charge is 0.381 e. The minimum Gasteiger partial charge on any atom is -0.381 e. The second kappa shape index (κ2) is 9.36. The fraction of sp³-hybridized carbons (Fsp3) is 0.444. The Morgan fingerprint density at radius 1 is 1.14 bits per heavy atom. The van der Waals surface area contributed by atoms with Crippen molar-refractivity contribution in [3.05, 3.63) is 69.7 Å². The van der Waals surface area contributed by atoms with E-state index in [4.69, 9.17) is 22.1 Å². The highest BCUT2D eigenvalue weighted by Crippen LogP contribution is 2.49. The Bertz CT molecular complexity index is 1280. The first-order chi connectivity index (χ1) is 17.5. The predicted octanol–water partition coefficient (Wildman–Crippen LogP) is 3.49. The number of rotatable bonds is 7. The third-order valence-corrected chi connectivity index (χ3v) is 8.19. The standard InChI is InChI=1S/C27H28ClF2N3O4/c1-27(2,26(31)36)16-5-3-4-13(6-16)25(35)33-21-7-14(21)8-22(33)24(34)32-23(15-11-37-12-15)17-9-20(30)18(28)10-19(17)29/h3-6,9-10,14-15,21-23H,7-8,11-12H2,1-2H3,(H2,31,36)(H,32,34)/t14-,21-,22-,23-/m1/s1. The molecule has 0 bridgehead atoms. The number of hydrogen-bond donors (Lipinski definition) is 2. The van der Waals surface area contributed by atoms with Gasteiger partial charge in [-0.05, 0) is 62.4 Å². The number of benzene rings is 2. The number of nitrogens with one attached hydrogen (secondary N) is 1. The number of hydrogen-bond acceptors (Lipinski definition) is 4. The number of carbonyl (C=O) groups is 3. The maximum atomic E-state index is 14.8. The second-order valence-corrected chi connectivity index (χ2v) is 11.1. The van der Waals surface area contributed by atoms with Gasteiger partial charge in [0.1, 0.15) is 17.7 Å². The molecule has 2 heterocycles. The van der Waals surface area contributed by atoms with Crippen molar-refractivity contribution in [3.63, 3.8) is 0 Å². The van der Waals surface area contributed by atoms with Crippen molar-refractivity contribution in [1.29, 1.82) is 0 Å². The van der Waals surface area contributed by atoms with E-state index in [1.165, 1.54) is 0 Å². The van der Waals surface area contributed by atoms with Crippen molar-refractivity contribution >= 4 is 29.3 Å². The summed E-state index contributed by atoms with van der Waals surface area (Å²) in [5.41, 5.74) is 5.52. The van der Waals surface area contributed by atoms with Crippen LogP contribution in [-0.4, -0.2) is 47.9 Å². The molecule has 5 rings (SSSR count). The number of carbonyl (C=O) groups excluding carboxylic acids is 3. The maximum Gasteiger partial charge on any atom is 0.254 e. The molecule has 0 unspecified atom stereocenters. The summed E-state index contributed by atoms with van der Waals surface area (Å²) < 4.78 is 34.2. The predicted molar refractivity (Wildman–Crippen MR) is 132 cm³/mol. The minimum atomic E-state index is -0.976. The van der Waals surface area contributed by atoms with E-state index in [9.17, 15) is 23.2 Å². The molecule has 0 spiro atoms. The molecule has 3 amide bonds. The first kappa shape index (κ1) is 25.6. The van der Waals surface area contributed by atoms with Crippen LogP contribution in [0.2, 0.25) is 5.02 Å². The monoisotopic (exact) mass is 531 g/mol. The summed E-state index contributed by atoms with van der Waals surface area (Å²) in [6.07, 6.45) is 1.29. The SMILES string of the molecule is CC(C)(C(N)=O)c1cccc(C(=O)N2[C@@H](C(=O)N[C@@H](c3cc(F)c(Cl)cc3F)C3COC3)C[C@H]3C[C@H]32)c1. The second-order valence-electron chi connectivity index (χ2n) is 10.7. The lowest BCUT2D eigenvalue weighted by molar-refractivity contribution is -0.128. The number of ether oxygens (including phenoxy) is 1. The zero-order chi connectivity index (χ0) is 26.6. The zero-order valence-corrected chi connectivity index (χ0v) is 21.2. The lowest BCUT2D eigenvalue weighted by Crippen LogP contribution is -2.51. The van der Waals surface area contributed by atoms with Crippen molar-refractivity contribution in [2.24, 2.45) is 17.6 Å². The van der Waals surface area contributed by atoms with Gasteiger partial charge in [-0.25, -0.2) is 8.78 Å². The molecule has 10 heteroatoms. The van der Waals surface area contributed by atoms with Crippen LogP contribution in [-0.2, 0) is 19.7 Å². The normalized spacial score (nSPS) is 23.7. The van der Waals surface area contributed by atoms with Crippen LogP contribution in [0, 0.1) is 23.5 Å². The van der Waals surface area contributed by atoms with Gasteiger partial charge in [0, 0.05) is 23.1 Å². The third kappa shape index (κ3) is 4.59. The number of primary amides is 1. The minimum absolute atomic E-state index is 0.00836. The fourth-order valence-electron chi connectivity index (χ4n) is 5.24. The van der Waals surface area contributed by atoms with Crippen molar-refractivity contribution in [2.75, 3.05) is 13.2 Å². The molecule has 2 saturated heterocycles. The van der Waals surface area contributed by atoms with E-state index in [1.54, 1.807) is 43.0 Å². The van der Waals surface area contributed by atoms with Gasteiger partial charge >= 0.3 is 0 Å². The molecule has 2 aromatic carbocycles. The van der Waals surface area contributed by atoms with E-state index in [2.05, 4.69) is 5.32 Å². The van der Waals surface area contributed by atoms with Gasteiger partial charge in [-0.15, -0.1) is 0 Å². The van der Waals surface area contributed by atoms with Crippen molar-refractivity contribution in [2.45, 2.75) is 50.2 Å². The molecular formula is C27H28ClF2N3O4. The Kier molecular flexibility index (Phi) is 6.48. The Hall–Kier alpha value is -3.04. The van der Waals surface area contributed by atoms with Gasteiger partial charge in [0.25, 0.3) is 5.91 Å². The van der Waals surface area contributed by atoms with Gasteiger partial charge in [0.05, 0.1) is 29.7 Å². The van der Waals surface area contributed by atoms with Gasteiger partial charge in [0.2, 0.25) is 11.8 Å². The summed E-state index contributed by atoms with van der Waals surface area (Å²) in [5, 5.41) is 2.53. The van der Waals surface area contributed by atoms with Crippen molar-refractivity contribution in [1.82, 2.24) is 10.2 Å². The average molecular weight is 532 g/mol. The number of halogens is 3. The maximum absolute atomic E-state index is 14.8. The van der Waals surface area contributed by atoms with Gasteiger partial charge in [0.15, 0.2) is 0 Å². The number of piperidine rings is 1. The van der Waals surface area contributed by atoms with Crippen LogP contribution in [0.3, 0.4) is 0 Å². The molecule has 3 aliphatic rings. The van der Waals surface area contributed by atoms with Crippen LogP contribution < -0.4 is 11.1 Å². The van der Waals surface area contributed by atoms with E-state index >= 15 is 0 Å². The quantitative estimate of drug-likeness (QED) is 0.534. The molecule has 0 aromatic heterocycles. The van der Waals surface area contributed by atoms with Gasteiger partial charge in [-0.1, -0.05) is 23.7 Å². The van der Waals surface area contributed by atoms with Crippen LogP contribution in [0.5, 0.6) is 0 Å². The highest BCUT2D eigenvalue weighted by atomic mass is 35.5. The first-order valence-corrected chi connectivity index (χ1v) is 12.6.